The normalized spacial score (nSPS) is 19.4. The molecule has 0 aromatic carbocycles. The van der Waals surface area contributed by atoms with Crippen molar-refractivity contribution in [1.82, 2.24) is 24.3 Å². The van der Waals surface area contributed by atoms with Crippen LogP contribution < -0.4 is 0 Å². The first-order valence-corrected chi connectivity index (χ1v) is 8.35. The molecule has 0 atom stereocenters. The summed E-state index contributed by atoms with van der Waals surface area (Å²) in [4.78, 5) is 44.9. The van der Waals surface area contributed by atoms with Gasteiger partial charge in [0, 0.05) is 64.5 Å². The zero-order chi connectivity index (χ0) is 17.1. The maximum absolute atomic E-state index is 12.3. The largest absolute Gasteiger partial charge is 0.339 e. The van der Waals surface area contributed by atoms with Gasteiger partial charge in [-0.3, -0.25) is 24.2 Å². The highest BCUT2D eigenvalue weighted by Crippen LogP contribution is 2.12. The van der Waals surface area contributed by atoms with Crippen LogP contribution in [-0.4, -0.2) is 81.2 Å². The van der Waals surface area contributed by atoms with Crippen molar-refractivity contribution in [2.45, 2.75) is 26.3 Å². The van der Waals surface area contributed by atoms with Gasteiger partial charge in [0.2, 0.25) is 17.7 Å². The molecule has 0 N–H and O–H groups in total. The molecule has 8 heteroatoms. The van der Waals surface area contributed by atoms with E-state index in [-0.39, 0.29) is 37.1 Å². The van der Waals surface area contributed by atoms with Gasteiger partial charge >= 0.3 is 0 Å². The number of aromatic nitrogens is 2. The van der Waals surface area contributed by atoms with Crippen LogP contribution in [0.5, 0.6) is 0 Å². The van der Waals surface area contributed by atoms with Crippen LogP contribution in [0.2, 0.25) is 0 Å². The minimum atomic E-state index is -0.234. The summed E-state index contributed by atoms with van der Waals surface area (Å²) >= 11 is 0. The number of carbonyl (C=O) groups excluding carboxylic acids is 3. The Morgan fingerprint density at radius 1 is 1.08 bits per heavy atom. The Bertz CT molecular complexity index is 617. The van der Waals surface area contributed by atoms with Crippen molar-refractivity contribution in [2.24, 2.45) is 0 Å². The summed E-state index contributed by atoms with van der Waals surface area (Å²) in [6, 6.07) is 0. The lowest BCUT2D eigenvalue weighted by Gasteiger charge is -2.35. The average molecular weight is 333 g/mol. The second-order valence-electron chi connectivity index (χ2n) is 6.26. The molecule has 3 amide bonds. The van der Waals surface area contributed by atoms with Gasteiger partial charge in [-0.25, -0.2) is 4.98 Å². The van der Waals surface area contributed by atoms with E-state index in [0.29, 0.717) is 13.1 Å². The predicted octanol–water partition coefficient (Wildman–Crippen LogP) is -0.515. The van der Waals surface area contributed by atoms with E-state index in [1.54, 1.807) is 11.1 Å². The molecule has 2 saturated heterocycles. The summed E-state index contributed by atoms with van der Waals surface area (Å²) in [6.07, 6.45) is 4.23. The van der Waals surface area contributed by atoms with Crippen molar-refractivity contribution in [3.8, 4) is 0 Å². The summed E-state index contributed by atoms with van der Waals surface area (Å²) in [5.74, 6) is 0.401. The van der Waals surface area contributed by atoms with Crippen molar-refractivity contribution < 1.29 is 14.4 Å². The minimum Gasteiger partial charge on any atom is -0.339 e. The van der Waals surface area contributed by atoms with Crippen LogP contribution in [0.1, 0.15) is 18.7 Å². The van der Waals surface area contributed by atoms with Gasteiger partial charge in [0.15, 0.2) is 0 Å². The summed E-state index contributed by atoms with van der Waals surface area (Å²) in [6.45, 7) is 6.57. The fourth-order valence-corrected chi connectivity index (χ4v) is 3.14. The zero-order valence-corrected chi connectivity index (χ0v) is 14.0. The molecule has 2 aliphatic heterocycles. The molecule has 130 valence electrons. The number of imide groups is 1. The van der Waals surface area contributed by atoms with Crippen LogP contribution >= 0.6 is 0 Å². The number of piperazine rings is 1. The number of rotatable bonds is 5. The molecule has 24 heavy (non-hydrogen) atoms. The monoisotopic (exact) mass is 333 g/mol. The first-order chi connectivity index (χ1) is 11.5. The molecular formula is C16H23N5O3. The maximum atomic E-state index is 12.3. The first kappa shape index (κ1) is 16.6. The number of hydrogen-bond acceptors (Lipinski definition) is 5. The lowest BCUT2D eigenvalue weighted by atomic mass is 10.3. The third-order valence-corrected chi connectivity index (χ3v) is 4.75. The Balaban J connectivity index is 1.43. The highest BCUT2D eigenvalue weighted by Gasteiger charge is 2.32. The van der Waals surface area contributed by atoms with E-state index in [1.165, 1.54) is 0 Å². The molecule has 3 heterocycles. The number of nitrogens with zero attached hydrogens (tertiary/aromatic N) is 5. The van der Waals surface area contributed by atoms with E-state index in [2.05, 4.69) is 14.5 Å². The van der Waals surface area contributed by atoms with Gasteiger partial charge in [0.25, 0.3) is 0 Å². The number of aryl methyl sites for hydroxylation is 1. The van der Waals surface area contributed by atoms with Crippen molar-refractivity contribution in [3.05, 3.63) is 18.2 Å². The Hall–Kier alpha value is -2.22. The summed E-state index contributed by atoms with van der Waals surface area (Å²) < 4.78 is 2.11. The molecule has 0 bridgehead atoms. The van der Waals surface area contributed by atoms with E-state index < -0.39 is 0 Å². The quantitative estimate of drug-likeness (QED) is 0.678. The molecule has 1 aromatic heterocycles. The van der Waals surface area contributed by atoms with Gasteiger partial charge in [-0.05, 0) is 6.92 Å². The third kappa shape index (κ3) is 3.64. The van der Waals surface area contributed by atoms with E-state index in [9.17, 15) is 14.4 Å². The number of hydrogen-bond donors (Lipinski definition) is 0. The Morgan fingerprint density at radius 2 is 1.75 bits per heavy atom. The van der Waals surface area contributed by atoms with Gasteiger partial charge < -0.3 is 9.47 Å². The van der Waals surface area contributed by atoms with Gasteiger partial charge in [0.1, 0.15) is 12.4 Å². The van der Waals surface area contributed by atoms with Crippen LogP contribution in [-0.2, 0) is 20.9 Å². The van der Waals surface area contributed by atoms with Gasteiger partial charge in [0.05, 0.1) is 0 Å². The fraction of sp³-hybridized carbons (Fsp3) is 0.625. The standard InChI is InChI=1S/C16H23N5O3/c1-13-17-4-5-19(13)9-6-18-7-10-20(11-8-18)16(24)12-21-14(22)2-3-15(21)23/h4-5H,2-3,6-12H2,1H3. The molecule has 2 fully saturated rings. The SMILES string of the molecule is Cc1nccn1CCN1CCN(C(=O)CN2C(=O)CCC2=O)CC1. The Morgan fingerprint density at radius 3 is 2.33 bits per heavy atom. The molecule has 8 nitrogen and oxygen atoms in total. The number of likely N-dealkylation sites (tertiary alicyclic amines) is 1. The highest BCUT2D eigenvalue weighted by molar-refractivity contribution is 6.04. The predicted molar refractivity (Wildman–Crippen MR) is 85.9 cm³/mol. The number of imidazole rings is 1. The van der Waals surface area contributed by atoms with Crippen molar-refractivity contribution >= 4 is 17.7 Å². The number of amides is 3. The molecule has 0 radical (unpaired) electrons. The molecule has 3 rings (SSSR count). The van der Waals surface area contributed by atoms with Gasteiger partial charge in [-0.1, -0.05) is 0 Å². The maximum Gasteiger partial charge on any atom is 0.242 e. The summed E-state index contributed by atoms with van der Waals surface area (Å²) in [7, 11) is 0. The van der Waals surface area contributed by atoms with Crippen molar-refractivity contribution in [3.63, 3.8) is 0 Å². The lowest BCUT2D eigenvalue weighted by molar-refractivity contribution is -0.146. The molecule has 0 unspecified atom stereocenters. The Kier molecular flexibility index (Phi) is 4.94. The van der Waals surface area contributed by atoms with Gasteiger partial charge in [-0.2, -0.15) is 0 Å². The average Bonchev–Trinajstić information content (AvgIpc) is 3.13. The van der Waals surface area contributed by atoms with E-state index >= 15 is 0 Å². The third-order valence-electron chi connectivity index (χ3n) is 4.75. The van der Waals surface area contributed by atoms with Crippen LogP contribution in [0.3, 0.4) is 0 Å². The van der Waals surface area contributed by atoms with E-state index in [0.717, 1.165) is 36.9 Å². The van der Waals surface area contributed by atoms with Crippen LogP contribution in [0, 0.1) is 6.92 Å². The summed E-state index contributed by atoms with van der Waals surface area (Å²) in [5.41, 5.74) is 0. The second kappa shape index (κ2) is 7.12. The molecule has 0 aliphatic carbocycles. The molecule has 0 spiro atoms. The van der Waals surface area contributed by atoms with Crippen LogP contribution in [0.15, 0.2) is 12.4 Å². The summed E-state index contributed by atoms with van der Waals surface area (Å²) in [5, 5.41) is 0. The Labute approximate surface area is 141 Å². The second-order valence-corrected chi connectivity index (χ2v) is 6.26. The first-order valence-electron chi connectivity index (χ1n) is 8.35. The topological polar surface area (TPSA) is 78.8 Å². The highest BCUT2D eigenvalue weighted by atomic mass is 16.2. The van der Waals surface area contributed by atoms with E-state index in [4.69, 9.17) is 0 Å². The van der Waals surface area contributed by atoms with E-state index in [1.807, 2.05) is 13.1 Å². The smallest absolute Gasteiger partial charge is 0.242 e. The number of carbonyl (C=O) groups is 3. The van der Waals surface area contributed by atoms with Crippen LogP contribution in [0.25, 0.3) is 0 Å². The molecule has 2 aliphatic rings. The zero-order valence-electron chi connectivity index (χ0n) is 14.0. The van der Waals surface area contributed by atoms with Crippen LogP contribution in [0.4, 0.5) is 0 Å². The van der Waals surface area contributed by atoms with Crippen molar-refractivity contribution in [1.29, 1.82) is 0 Å². The van der Waals surface area contributed by atoms with Crippen molar-refractivity contribution in [2.75, 3.05) is 39.3 Å². The minimum absolute atomic E-state index is 0.105. The fourth-order valence-electron chi connectivity index (χ4n) is 3.14. The van der Waals surface area contributed by atoms with Gasteiger partial charge in [-0.15, -0.1) is 0 Å². The molecule has 0 saturated carbocycles. The lowest BCUT2D eigenvalue weighted by Crippen LogP contribution is -2.52. The molecular weight excluding hydrogens is 310 g/mol. The molecule has 1 aromatic rings.